The summed E-state index contributed by atoms with van der Waals surface area (Å²) in [5.74, 6) is 5.41. The van der Waals surface area contributed by atoms with Gasteiger partial charge >= 0.3 is 0 Å². The number of ether oxygens (including phenoxy) is 4. The number of allylic oxidation sites excluding steroid dienone is 1. The largest absolute Gasteiger partial charge is 0.379 e. The molecule has 8 atom stereocenters. The van der Waals surface area contributed by atoms with Gasteiger partial charge in [0.2, 0.25) is 0 Å². The molecule has 0 bridgehead atoms. The molecule has 0 saturated heterocycles. The first-order valence-electron chi connectivity index (χ1n) is 19.0. The van der Waals surface area contributed by atoms with E-state index < -0.39 is 0 Å². The zero-order valence-electron chi connectivity index (χ0n) is 30.4. The van der Waals surface area contributed by atoms with E-state index in [-0.39, 0.29) is 0 Å². The van der Waals surface area contributed by atoms with E-state index in [4.69, 9.17) is 18.9 Å². The number of rotatable bonds is 19. The fourth-order valence-corrected chi connectivity index (χ4v) is 10.1. The van der Waals surface area contributed by atoms with Gasteiger partial charge in [0.05, 0.1) is 45.7 Å². The van der Waals surface area contributed by atoms with E-state index in [1.165, 1.54) is 70.6 Å². The predicted molar refractivity (Wildman–Crippen MR) is 184 cm³/mol. The van der Waals surface area contributed by atoms with Crippen molar-refractivity contribution in [2.45, 2.75) is 145 Å². The normalized spacial score (nSPS) is 34.4. The fourth-order valence-electron chi connectivity index (χ4n) is 10.1. The lowest BCUT2D eigenvalue weighted by molar-refractivity contribution is -0.0691. The minimum absolute atomic E-state index is 0.358. The van der Waals surface area contributed by atoms with Crippen LogP contribution in [0.1, 0.15) is 139 Å². The van der Waals surface area contributed by atoms with Crippen molar-refractivity contribution >= 4 is 0 Å². The summed E-state index contributed by atoms with van der Waals surface area (Å²) in [6, 6.07) is 0. The van der Waals surface area contributed by atoms with Gasteiger partial charge in [0.1, 0.15) is 0 Å². The summed E-state index contributed by atoms with van der Waals surface area (Å²) in [5.41, 5.74) is 3.07. The van der Waals surface area contributed by atoms with E-state index in [1.807, 2.05) is 0 Å². The Morgan fingerprint density at radius 3 is 2.18 bits per heavy atom. The Kier molecular flexibility index (Phi) is 13.7. The first-order chi connectivity index (χ1) is 21.0. The maximum atomic E-state index is 6.37. The molecule has 0 amide bonds. The lowest BCUT2D eigenvalue weighted by Gasteiger charge is -2.58. The van der Waals surface area contributed by atoms with Crippen LogP contribution >= 0.6 is 0 Å². The number of fused-ring (bicyclic) bond motifs is 5. The topological polar surface area (TPSA) is 36.9 Å². The highest BCUT2D eigenvalue weighted by Gasteiger charge is 2.59. The van der Waals surface area contributed by atoms with Crippen molar-refractivity contribution in [2.24, 2.45) is 51.8 Å². The van der Waals surface area contributed by atoms with Crippen molar-refractivity contribution in [1.29, 1.82) is 0 Å². The molecule has 0 aliphatic heterocycles. The van der Waals surface area contributed by atoms with Crippen LogP contribution in [-0.2, 0) is 18.9 Å². The van der Waals surface area contributed by atoms with Gasteiger partial charge in [0, 0.05) is 6.61 Å². The highest BCUT2D eigenvalue weighted by Crippen LogP contribution is 2.67. The van der Waals surface area contributed by atoms with Crippen LogP contribution in [0.2, 0.25) is 0 Å². The van der Waals surface area contributed by atoms with Crippen molar-refractivity contribution in [3.63, 3.8) is 0 Å². The summed E-state index contributed by atoms with van der Waals surface area (Å²) >= 11 is 0. The maximum Gasteiger partial charge on any atom is 0.0704 e. The average molecular weight is 617 g/mol. The minimum Gasteiger partial charge on any atom is -0.379 e. The molecule has 7 unspecified atom stereocenters. The van der Waals surface area contributed by atoms with E-state index in [2.05, 4.69) is 61.5 Å². The van der Waals surface area contributed by atoms with Gasteiger partial charge in [-0.05, 0) is 110 Å². The third-order valence-corrected chi connectivity index (χ3v) is 13.5. The molecule has 0 radical (unpaired) electrons. The molecule has 0 aromatic carbocycles. The van der Waals surface area contributed by atoms with Crippen LogP contribution in [0.3, 0.4) is 0 Å². The molecule has 256 valence electrons. The molecule has 0 aromatic heterocycles. The van der Waals surface area contributed by atoms with Crippen LogP contribution in [0.25, 0.3) is 0 Å². The molecular weight excluding hydrogens is 544 g/mol. The van der Waals surface area contributed by atoms with E-state index in [9.17, 15) is 0 Å². The van der Waals surface area contributed by atoms with Crippen LogP contribution in [-0.4, -0.2) is 52.4 Å². The highest BCUT2D eigenvalue weighted by molar-refractivity contribution is 5.25. The molecule has 44 heavy (non-hydrogen) atoms. The zero-order valence-corrected chi connectivity index (χ0v) is 30.4. The van der Waals surface area contributed by atoms with Crippen LogP contribution in [0.4, 0.5) is 0 Å². The lowest BCUT2D eigenvalue weighted by Crippen LogP contribution is -2.51. The molecule has 0 aromatic rings. The second kappa shape index (κ2) is 16.6. The summed E-state index contributed by atoms with van der Waals surface area (Å²) in [4.78, 5) is 0. The summed E-state index contributed by atoms with van der Waals surface area (Å²) < 4.78 is 23.6. The van der Waals surface area contributed by atoms with Gasteiger partial charge in [0.15, 0.2) is 0 Å². The first kappa shape index (κ1) is 36.4. The molecule has 3 fully saturated rings. The lowest BCUT2D eigenvalue weighted by atomic mass is 9.47. The van der Waals surface area contributed by atoms with Gasteiger partial charge < -0.3 is 18.9 Å². The van der Waals surface area contributed by atoms with Crippen molar-refractivity contribution in [3.8, 4) is 0 Å². The Morgan fingerprint density at radius 1 is 0.818 bits per heavy atom. The average Bonchev–Trinajstić information content (AvgIpc) is 3.34. The highest BCUT2D eigenvalue weighted by atomic mass is 16.6. The van der Waals surface area contributed by atoms with Crippen LogP contribution in [0.15, 0.2) is 11.6 Å². The van der Waals surface area contributed by atoms with E-state index in [0.717, 1.165) is 55.0 Å². The second-order valence-corrected chi connectivity index (χ2v) is 17.1. The smallest absolute Gasteiger partial charge is 0.0704 e. The molecule has 0 heterocycles. The van der Waals surface area contributed by atoms with E-state index in [0.29, 0.717) is 62.0 Å². The Hall–Kier alpha value is -0.420. The van der Waals surface area contributed by atoms with E-state index >= 15 is 0 Å². The Bertz CT molecular complexity index is 881. The first-order valence-corrected chi connectivity index (χ1v) is 19.0. The van der Waals surface area contributed by atoms with E-state index in [1.54, 1.807) is 5.57 Å². The quantitative estimate of drug-likeness (QED) is 0.107. The standard InChI is InChI=1S/C40H72O4/c1-9-38(5,6)21-22-41-23-24-42-25-26-43-27-28-44-33-17-19-39(7)32(29-33)13-14-34-36-16-15-35(31(4)12-10-11-30(2)3)40(36,8)20-18-37(34)39/h13,30-31,33-37H,9-12,14-29H2,1-8H3/t31?,33-,34?,35?,36?,37?,39?,40?/m0/s1. The zero-order chi connectivity index (χ0) is 31.8. The summed E-state index contributed by atoms with van der Waals surface area (Å²) in [5, 5.41) is 0. The molecule has 0 N–H and O–H groups in total. The summed E-state index contributed by atoms with van der Waals surface area (Å²) in [6.45, 7) is 24.3. The minimum atomic E-state index is 0.358. The van der Waals surface area contributed by atoms with Crippen molar-refractivity contribution in [2.75, 3.05) is 46.2 Å². The van der Waals surface area contributed by atoms with Gasteiger partial charge in [0.25, 0.3) is 0 Å². The molecular formula is C40H72O4. The predicted octanol–water partition coefficient (Wildman–Crippen LogP) is 10.3. The maximum absolute atomic E-state index is 6.37. The summed E-state index contributed by atoms with van der Waals surface area (Å²) in [6.07, 6.45) is 20.4. The van der Waals surface area contributed by atoms with Crippen LogP contribution in [0.5, 0.6) is 0 Å². The molecule has 4 heteroatoms. The Morgan fingerprint density at radius 2 is 1.50 bits per heavy atom. The summed E-state index contributed by atoms with van der Waals surface area (Å²) in [7, 11) is 0. The molecule has 0 spiro atoms. The SMILES string of the molecule is CCC(C)(C)CCOCCOCCOCCO[C@H]1CCC2(C)C(=CCC3C2CCC2(C)C(C(C)CCCC(C)C)CCC32)C1. The number of hydrogen-bond acceptors (Lipinski definition) is 4. The fraction of sp³-hybridized carbons (Fsp3) is 0.950. The number of hydrogen-bond donors (Lipinski definition) is 0. The Labute approximate surface area is 273 Å². The Balaban J connectivity index is 1.13. The third-order valence-electron chi connectivity index (χ3n) is 13.5. The molecule has 3 saturated carbocycles. The third kappa shape index (κ3) is 9.13. The van der Waals surface area contributed by atoms with Crippen LogP contribution < -0.4 is 0 Å². The van der Waals surface area contributed by atoms with Crippen molar-refractivity contribution in [1.82, 2.24) is 0 Å². The molecule has 4 nitrogen and oxygen atoms in total. The van der Waals surface area contributed by atoms with Crippen molar-refractivity contribution in [3.05, 3.63) is 11.6 Å². The van der Waals surface area contributed by atoms with Crippen LogP contribution in [0, 0.1) is 51.8 Å². The molecule has 4 aliphatic rings. The van der Waals surface area contributed by atoms with Gasteiger partial charge in [-0.25, -0.2) is 0 Å². The molecule has 4 rings (SSSR count). The second-order valence-electron chi connectivity index (χ2n) is 17.1. The molecule has 4 aliphatic carbocycles. The van der Waals surface area contributed by atoms with Gasteiger partial charge in [-0.3, -0.25) is 0 Å². The van der Waals surface area contributed by atoms with Gasteiger partial charge in [-0.15, -0.1) is 0 Å². The van der Waals surface area contributed by atoms with Crippen molar-refractivity contribution < 1.29 is 18.9 Å². The van der Waals surface area contributed by atoms with Gasteiger partial charge in [-0.2, -0.15) is 0 Å². The van der Waals surface area contributed by atoms with Gasteiger partial charge in [-0.1, -0.05) is 92.7 Å². The monoisotopic (exact) mass is 617 g/mol.